The van der Waals surface area contributed by atoms with E-state index in [1.54, 1.807) is 6.20 Å². The summed E-state index contributed by atoms with van der Waals surface area (Å²) in [5.41, 5.74) is 2.20. The summed E-state index contributed by atoms with van der Waals surface area (Å²) in [4.78, 5) is 36.8. The Labute approximate surface area is 168 Å². The number of Topliss-reactive ketones (excluding diaryl/α,β-unsaturated/α-hetero) is 1. The number of aromatic nitrogens is 1. The van der Waals surface area contributed by atoms with Crippen LogP contribution in [0.4, 0.5) is 0 Å². The van der Waals surface area contributed by atoms with Crippen molar-refractivity contribution >= 4 is 11.6 Å². The van der Waals surface area contributed by atoms with Gasteiger partial charge in [0, 0.05) is 19.2 Å². The maximum Gasteiger partial charge on any atom is 0.262 e. The molecule has 0 aliphatic heterocycles. The molecule has 0 aliphatic rings. The highest BCUT2D eigenvalue weighted by Crippen LogP contribution is 2.12. The molecule has 0 unspecified atom stereocenters. The van der Waals surface area contributed by atoms with Gasteiger partial charge in [0.25, 0.3) is 5.56 Å². The summed E-state index contributed by atoms with van der Waals surface area (Å²) in [5.74, 6) is -2.00. The molecule has 0 radical (unpaired) electrons. The molecule has 0 spiro atoms. The van der Waals surface area contributed by atoms with Gasteiger partial charge in [0.2, 0.25) is 0 Å². The Morgan fingerprint density at radius 1 is 0.931 bits per heavy atom. The second-order valence-corrected chi connectivity index (χ2v) is 6.79. The van der Waals surface area contributed by atoms with Crippen LogP contribution in [0, 0.1) is 0 Å². The number of aliphatic hydroxyl groups excluding tert-OH is 1. The first-order chi connectivity index (χ1) is 13.9. The molecule has 0 fully saturated rings. The predicted molar refractivity (Wildman–Crippen MR) is 111 cm³/mol. The smallest absolute Gasteiger partial charge is 0.262 e. The Bertz CT molecular complexity index is 1110. The van der Waals surface area contributed by atoms with Gasteiger partial charge < -0.3 is 9.67 Å². The number of pyridine rings is 1. The van der Waals surface area contributed by atoms with Gasteiger partial charge in [-0.15, -0.1) is 0 Å². The Balaban J connectivity index is 2.06. The number of nitrogens with zero attached hydrogens (tertiary/aromatic N) is 1. The van der Waals surface area contributed by atoms with Crippen LogP contribution in [0.25, 0.3) is 0 Å². The molecule has 0 saturated carbocycles. The molecular weight excluding hydrogens is 366 g/mol. The Kier molecular flexibility index (Phi) is 6.19. The lowest BCUT2D eigenvalue weighted by atomic mass is 10.0. The second-order valence-electron chi connectivity index (χ2n) is 6.79. The summed E-state index contributed by atoms with van der Waals surface area (Å²) >= 11 is 0. The summed E-state index contributed by atoms with van der Waals surface area (Å²) in [6, 6.07) is 20.7. The summed E-state index contributed by atoms with van der Waals surface area (Å²) in [6.45, 7) is 1.46. The molecule has 0 amide bonds. The highest BCUT2D eigenvalue weighted by atomic mass is 16.3. The van der Waals surface area contributed by atoms with E-state index in [1.807, 2.05) is 60.7 Å². The van der Waals surface area contributed by atoms with E-state index >= 15 is 0 Å². The van der Waals surface area contributed by atoms with Crippen molar-refractivity contribution in [3.63, 3.8) is 0 Å². The Morgan fingerprint density at radius 3 is 2.10 bits per heavy atom. The highest BCUT2D eigenvalue weighted by molar-refractivity contribution is 6.08. The van der Waals surface area contributed by atoms with E-state index in [9.17, 15) is 19.5 Å². The molecule has 3 aromatic rings. The van der Waals surface area contributed by atoms with Crippen molar-refractivity contribution < 1.29 is 14.7 Å². The standard InChI is InChI=1S/C24H21NO4/c1-17(26)22(27)14-23(28)21-13-20(12-18-8-4-2-5-9-18)16-25(24(21)29)15-19-10-6-3-7-11-19/h2-11,13-14,16,27H,12,15H2,1H3/b22-14-. The zero-order valence-corrected chi connectivity index (χ0v) is 16.0. The minimum absolute atomic E-state index is 0.0813. The minimum atomic E-state index is -0.695. The minimum Gasteiger partial charge on any atom is -0.504 e. The average molecular weight is 387 g/mol. The van der Waals surface area contributed by atoms with Gasteiger partial charge in [0.1, 0.15) is 0 Å². The molecule has 2 aromatic carbocycles. The first-order valence-electron chi connectivity index (χ1n) is 9.21. The van der Waals surface area contributed by atoms with Gasteiger partial charge in [0.15, 0.2) is 17.3 Å². The number of hydrogen-bond acceptors (Lipinski definition) is 4. The van der Waals surface area contributed by atoms with Crippen LogP contribution >= 0.6 is 0 Å². The van der Waals surface area contributed by atoms with Crippen LogP contribution in [0.3, 0.4) is 0 Å². The topological polar surface area (TPSA) is 76.4 Å². The molecule has 29 heavy (non-hydrogen) atoms. The average Bonchev–Trinajstić information content (AvgIpc) is 2.71. The van der Waals surface area contributed by atoms with Crippen LogP contribution in [0.2, 0.25) is 0 Å². The first kappa shape index (κ1) is 20.0. The van der Waals surface area contributed by atoms with Crippen molar-refractivity contribution in [2.24, 2.45) is 0 Å². The van der Waals surface area contributed by atoms with Gasteiger partial charge in [0.05, 0.1) is 12.1 Å². The van der Waals surface area contributed by atoms with Gasteiger partial charge in [-0.1, -0.05) is 60.7 Å². The number of ketones is 2. The number of hydrogen-bond donors (Lipinski definition) is 1. The number of carbonyl (C=O) groups is 2. The molecule has 0 aliphatic carbocycles. The predicted octanol–water partition coefficient (Wildman–Crippen LogP) is 3.70. The lowest BCUT2D eigenvalue weighted by molar-refractivity contribution is -0.115. The van der Waals surface area contributed by atoms with E-state index in [4.69, 9.17) is 0 Å². The van der Waals surface area contributed by atoms with Gasteiger partial charge in [-0.3, -0.25) is 14.4 Å². The van der Waals surface area contributed by atoms with Gasteiger partial charge >= 0.3 is 0 Å². The molecular formula is C24H21NO4. The van der Waals surface area contributed by atoms with E-state index in [1.165, 1.54) is 10.6 Å². The number of allylic oxidation sites excluding steroid dienone is 2. The molecule has 5 heteroatoms. The maximum absolute atomic E-state index is 12.9. The van der Waals surface area contributed by atoms with Crippen LogP contribution in [-0.4, -0.2) is 21.2 Å². The lowest BCUT2D eigenvalue weighted by Gasteiger charge is -2.11. The van der Waals surface area contributed by atoms with Crippen LogP contribution < -0.4 is 5.56 Å². The molecule has 1 N–H and O–H groups in total. The largest absolute Gasteiger partial charge is 0.504 e. The molecule has 0 saturated heterocycles. The van der Waals surface area contributed by atoms with E-state index in [-0.39, 0.29) is 5.56 Å². The van der Waals surface area contributed by atoms with Crippen LogP contribution in [0.5, 0.6) is 0 Å². The third kappa shape index (κ3) is 5.17. The van der Waals surface area contributed by atoms with E-state index < -0.39 is 22.9 Å². The van der Waals surface area contributed by atoms with Gasteiger partial charge in [-0.05, 0) is 29.2 Å². The molecule has 0 bridgehead atoms. The third-order valence-corrected chi connectivity index (χ3v) is 4.48. The molecule has 1 aromatic heterocycles. The fourth-order valence-corrected chi connectivity index (χ4v) is 3.00. The van der Waals surface area contributed by atoms with Gasteiger partial charge in [-0.25, -0.2) is 0 Å². The SMILES string of the molecule is CC(=O)/C(O)=C/C(=O)c1cc(Cc2ccccc2)cn(Cc2ccccc2)c1=O. The number of benzene rings is 2. The number of carbonyl (C=O) groups excluding carboxylic acids is 2. The van der Waals surface area contributed by atoms with Crippen LogP contribution in [-0.2, 0) is 17.8 Å². The van der Waals surface area contributed by atoms with E-state index in [0.717, 1.165) is 29.7 Å². The highest BCUT2D eigenvalue weighted by Gasteiger charge is 2.15. The summed E-state index contributed by atoms with van der Waals surface area (Å²) in [7, 11) is 0. The van der Waals surface area contributed by atoms with E-state index in [0.29, 0.717) is 13.0 Å². The zero-order valence-electron chi connectivity index (χ0n) is 16.0. The van der Waals surface area contributed by atoms with Crippen molar-refractivity contribution in [3.05, 3.63) is 117 Å². The molecule has 0 atom stereocenters. The van der Waals surface area contributed by atoms with Crippen LogP contribution in [0.1, 0.15) is 34.0 Å². The molecule has 1 heterocycles. The van der Waals surface area contributed by atoms with E-state index in [2.05, 4.69) is 0 Å². The van der Waals surface area contributed by atoms with Crippen molar-refractivity contribution in [1.82, 2.24) is 4.57 Å². The van der Waals surface area contributed by atoms with Crippen LogP contribution in [0.15, 0.2) is 89.6 Å². The summed E-state index contributed by atoms with van der Waals surface area (Å²) in [5, 5.41) is 9.64. The van der Waals surface area contributed by atoms with Crippen molar-refractivity contribution in [1.29, 1.82) is 0 Å². The van der Waals surface area contributed by atoms with Gasteiger partial charge in [-0.2, -0.15) is 0 Å². The number of rotatable bonds is 7. The summed E-state index contributed by atoms with van der Waals surface area (Å²) in [6.07, 6.45) is 3.09. The maximum atomic E-state index is 12.9. The second kappa shape index (κ2) is 8.97. The van der Waals surface area contributed by atoms with Crippen molar-refractivity contribution in [3.8, 4) is 0 Å². The fraction of sp³-hybridized carbons (Fsp3) is 0.125. The quantitative estimate of drug-likeness (QED) is 0.381. The number of aliphatic hydroxyl groups is 1. The van der Waals surface area contributed by atoms with Crippen molar-refractivity contribution in [2.75, 3.05) is 0 Å². The zero-order chi connectivity index (χ0) is 20.8. The Morgan fingerprint density at radius 2 is 1.52 bits per heavy atom. The normalized spacial score (nSPS) is 11.3. The fourth-order valence-electron chi connectivity index (χ4n) is 3.00. The third-order valence-electron chi connectivity index (χ3n) is 4.48. The molecule has 3 rings (SSSR count). The molecule has 5 nitrogen and oxygen atoms in total. The summed E-state index contributed by atoms with van der Waals surface area (Å²) < 4.78 is 1.49. The first-order valence-corrected chi connectivity index (χ1v) is 9.21. The monoisotopic (exact) mass is 387 g/mol. The van der Waals surface area contributed by atoms with Crippen molar-refractivity contribution in [2.45, 2.75) is 19.9 Å². The Hall–Kier alpha value is -3.73. The molecule has 146 valence electrons. The lowest BCUT2D eigenvalue weighted by Crippen LogP contribution is -2.27.